The number of ether oxygens (including phenoxy) is 1. The van der Waals surface area contributed by atoms with E-state index in [0.29, 0.717) is 0 Å². The average Bonchev–Trinajstić information content (AvgIpc) is 2.28. The Labute approximate surface area is 89.6 Å². The summed E-state index contributed by atoms with van der Waals surface area (Å²) < 4.78 is 5.39. The standard InChI is InChI=1S/C11H16N2O2/c1-12-7-9-5-3-4-6-10(9)15-8-11(14)13-2/h3-6,12H,7-8H2,1-2H3,(H,13,14). The fraction of sp³-hybridized carbons (Fsp3) is 0.364. The van der Waals surface area contributed by atoms with Gasteiger partial charge in [-0.1, -0.05) is 18.2 Å². The van der Waals surface area contributed by atoms with Crippen LogP contribution in [0.4, 0.5) is 0 Å². The molecule has 4 nitrogen and oxygen atoms in total. The molecule has 0 aliphatic carbocycles. The van der Waals surface area contributed by atoms with Gasteiger partial charge in [0.05, 0.1) is 0 Å². The van der Waals surface area contributed by atoms with Gasteiger partial charge in [0.15, 0.2) is 6.61 Å². The molecule has 0 radical (unpaired) electrons. The van der Waals surface area contributed by atoms with Gasteiger partial charge in [-0.3, -0.25) is 4.79 Å². The van der Waals surface area contributed by atoms with Gasteiger partial charge in [-0.2, -0.15) is 0 Å². The normalized spacial score (nSPS) is 9.73. The van der Waals surface area contributed by atoms with Crippen LogP contribution in [-0.2, 0) is 11.3 Å². The number of amides is 1. The second kappa shape index (κ2) is 6.03. The summed E-state index contributed by atoms with van der Waals surface area (Å²) in [5.41, 5.74) is 1.05. The highest BCUT2D eigenvalue weighted by Gasteiger charge is 2.03. The summed E-state index contributed by atoms with van der Waals surface area (Å²) >= 11 is 0. The van der Waals surface area contributed by atoms with Crippen molar-refractivity contribution in [2.45, 2.75) is 6.54 Å². The van der Waals surface area contributed by atoms with E-state index in [0.717, 1.165) is 17.9 Å². The van der Waals surface area contributed by atoms with Gasteiger partial charge in [0.25, 0.3) is 5.91 Å². The Morgan fingerprint density at radius 3 is 2.73 bits per heavy atom. The van der Waals surface area contributed by atoms with Crippen LogP contribution in [0.15, 0.2) is 24.3 Å². The lowest BCUT2D eigenvalue weighted by atomic mass is 10.2. The van der Waals surface area contributed by atoms with Gasteiger partial charge in [-0.15, -0.1) is 0 Å². The second-order valence-corrected chi connectivity index (χ2v) is 3.10. The van der Waals surface area contributed by atoms with Crippen molar-refractivity contribution < 1.29 is 9.53 Å². The van der Waals surface area contributed by atoms with E-state index in [9.17, 15) is 4.79 Å². The smallest absolute Gasteiger partial charge is 0.257 e. The molecule has 0 heterocycles. The zero-order chi connectivity index (χ0) is 11.1. The lowest BCUT2D eigenvalue weighted by Gasteiger charge is -2.10. The minimum absolute atomic E-state index is 0.0528. The minimum atomic E-state index is -0.130. The Kier molecular flexibility index (Phi) is 4.63. The Bertz CT molecular complexity index is 326. The predicted octanol–water partition coefficient (Wildman–Crippen LogP) is 0.531. The molecule has 1 aromatic carbocycles. The van der Waals surface area contributed by atoms with Gasteiger partial charge in [-0.05, 0) is 13.1 Å². The molecule has 82 valence electrons. The zero-order valence-electron chi connectivity index (χ0n) is 9.04. The van der Waals surface area contributed by atoms with Gasteiger partial charge < -0.3 is 15.4 Å². The van der Waals surface area contributed by atoms with E-state index < -0.39 is 0 Å². The highest BCUT2D eigenvalue weighted by atomic mass is 16.5. The first-order chi connectivity index (χ1) is 7.27. The Hall–Kier alpha value is -1.55. The average molecular weight is 208 g/mol. The van der Waals surface area contributed by atoms with E-state index in [-0.39, 0.29) is 12.5 Å². The summed E-state index contributed by atoms with van der Waals surface area (Å²) in [6.45, 7) is 0.779. The molecule has 0 saturated heterocycles. The number of rotatable bonds is 5. The molecule has 0 atom stereocenters. The van der Waals surface area contributed by atoms with E-state index >= 15 is 0 Å². The molecule has 4 heteroatoms. The van der Waals surface area contributed by atoms with Crippen LogP contribution >= 0.6 is 0 Å². The molecule has 1 amide bonds. The third-order valence-electron chi connectivity index (χ3n) is 1.98. The highest BCUT2D eigenvalue weighted by Crippen LogP contribution is 2.17. The van der Waals surface area contributed by atoms with Crippen LogP contribution in [0.1, 0.15) is 5.56 Å². The number of para-hydroxylation sites is 1. The van der Waals surface area contributed by atoms with Crippen molar-refractivity contribution in [1.82, 2.24) is 10.6 Å². The molecule has 0 aliphatic rings. The quantitative estimate of drug-likeness (QED) is 0.742. The molecule has 15 heavy (non-hydrogen) atoms. The molecule has 0 aromatic heterocycles. The first-order valence-electron chi connectivity index (χ1n) is 4.83. The monoisotopic (exact) mass is 208 g/mol. The van der Waals surface area contributed by atoms with Gasteiger partial charge in [-0.25, -0.2) is 0 Å². The van der Waals surface area contributed by atoms with E-state index in [1.165, 1.54) is 0 Å². The number of nitrogens with one attached hydrogen (secondary N) is 2. The summed E-state index contributed by atoms with van der Waals surface area (Å²) in [6.07, 6.45) is 0. The van der Waals surface area contributed by atoms with Crippen LogP contribution in [0.3, 0.4) is 0 Å². The van der Waals surface area contributed by atoms with Crippen molar-refractivity contribution in [1.29, 1.82) is 0 Å². The number of likely N-dealkylation sites (N-methyl/N-ethyl adjacent to an activating group) is 1. The summed E-state index contributed by atoms with van der Waals surface area (Å²) in [5, 5.41) is 5.55. The van der Waals surface area contributed by atoms with E-state index in [1.54, 1.807) is 7.05 Å². The van der Waals surface area contributed by atoms with Crippen molar-refractivity contribution in [3.8, 4) is 5.75 Å². The Morgan fingerprint density at radius 2 is 2.07 bits per heavy atom. The highest BCUT2D eigenvalue weighted by molar-refractivity contribution is 5.77. The van der Waals surface area contributed by atoms with Crippen LogP contribution < -0.4 is 15.4 Å². The summed E-state index contributed by atoms with van der Waals surface area (Å²) in [7, 11) is 3.46. The third kappa shape index (κ3) is 3.59. The fourth-order valence-electron chi connectivity index (χ4n) is 1.20. The van der Waals surface area contributed by atoms with E-state index in [2.05, 4.69) is 10.6 Å². The maximum Gasteiger partial charge on any atom is 0.257 e. The van der Waals surface area contributed by atoms with Crippen LogP contribution in [0.2, 0.25) is 0 Å². The Balaban J connectivity index is 2.62. The second-order valence-electron chi connectivity index (χ2n) is 3.10. The lowest BCUT2D eigenvalue weighted by molar-refractivity contribution is -0.122. The molecular formula is C11H16N2O2. The topological polar surface area (TPSA) is 50.4 Å². The summed E-state index contributed by atoms with van der Waals surface area (Å²) in [6, 6.07) is 7.66. The predicted molar refractivity (Wildman–Crippen MR) is 58.8 cm³/mol. The van der Waals surface area contributed by atoms with Crippen molar-refractivity contribution in [2.24, 2.45) is 0 Å². The van der Waals surface area contributed by atoms with Gasteiger partial charge in [0, 0.05) is 19.2 Å². The lowest BCUT2D eigenvalue weighted by Crippen LogP contribution is -2.25. The van der Waals surface area contributed by atoms with Crippen LogP contribution in [-0.4, -0.2) is 26.6 Å². The van der Waals surface area contributed by atoms with Gasteiger partial charge in [0.1, 0.15) is 5.75 Å². The fourth-order valence-corrected chi connectivity index (χ4v) is 1.20. The van der Waals surface area contributed by atoms with Gasteiger partial charge in [0.2, 0.25) is 0 Å². The molecular weight excluding hydrogens is 192 g/mol. The SMILES string of the molecule is CNCc1ccccc1OCC(=O)NC. The molecule has 0 aliphatic heterocycles. The van der Waals surface area contributed by atoms with Crippen molar-refractivity contribution in [3.63, 3.8) is 0 Å². The molecule has 0 spiro atoms. The van der Waals surface area contributed by atoms with E-state index in [4.69, 9.17) is 4.74 Å². The number of carbonyl (C=O) groups is 1. The molecule has 0 unspecified atom stereocenters. The number of carbonyl (C=O) groups excluding carboxylic acids is 1. The van der Waals surface area contributed by atoms with Crippen LogP contribution in [0.25, 0.3) is 0 Å². The molecule has 0 fully saturated rings. The molecule has 1 aromatic rings. The van der Waals surface area contributed by atoms with Crippen molar-refractivity contribution >= 4 is 5.91 Å². The molecule has 2 N–H and O–H groups in total. The molecule has 0 bridgehead atoms. The molecule has 0 saturated carbocycles. The van der Waals surface area contributed by atoms with E-state index in [1.807, 2.05) is 31.3 Å². The van der Waals surface area contributed by atoms with Gasteiger partial charge >= 0.3 is 0 Å². The number of hydrogen-bond donors (Lipinski definition) is 2. The zero-order valence-corrected chi connectivity index (χ0v) is 9.04. The third-order valence-corrected chi connectivity index (χ3v) is 1.98. The number of benzene rings is 1. The first-order valence-corrected chi connectivity index (χ1v) is 4.83. The van der Waals surface area contributed by atoms with Crippen LogP contribution in [0.5, 0.6) is 5.75 Å². The molecule has 1 rings (SSSR count). The Morgan fingerprint density at radius 1 is 1.33 bits per heavy atom. The summed E-state index contributed by atoms with van der Waals surface area (Å²) in [5.74, 6) is 0.615. The maximum absolute atomic E-state index is 11.0. The number of hydrogen-bond acceptors (Lipinski definition) is 3. The largest absolute Gasteiger partial charge is 0.483 e. The maximum atomic E-state index is 11.0. The summed E-state index contributed by atoms with van der Waals surface area (Å²) in [4.78, 5) is 11.0. The minimum Gasteiger partial charge on any atom is -0.483 e. The van der Waals surface area contributed by atoms with Crippen LogP contribution in [0, 0.1) is 0 Å². The van der Waals surface area contributed by atoms with Crippen molar-refractivity contribution in [3.05, 3.63) is 29.8 Å². The van der Waals surface area contributed by atoms with Crippen molar-refractivity contribution in [2.75, 3.05) is 20.7 Å². The first kappa shape index (κ1) is 11.5.